The molecule has 5 rings (SSSR count). The highest BCUT2D eigenvalue weighted by Gasteiger charge is 2.45. The molecule has 1 atom stereocenters. The van der Waals surface area contributed by atoms with Crippen molar-refractivity contribution in [2.45, 2.75) is 32.4 Å². The van der Waals surface area contributed by atoms with Crippen LogP contribution in [0.4, 0.5) is 10.1 Å². The summed E-state index contributed by atoms with van der Waals surface area (Å²) in [7, 11) is 1.30. The van der Waals surface area contributed by atoms with Crippen LogP contribution in [0.1, 0.15) is 53.2 Å². The average molecular weight is 568 g/mol. The Balaban J connectivity index is 1.75. The number of carbonyl (C=O) groups is 2. The summed E-state index contributed by atoms with van der Waals surface area (Å²) in [5.74, 6) is -1.39. The van der Waals surface area contributed by atoms with Gasteiger partial charge in [-0.25, -0.2) is 9.37 Å². The molecule has 0 fully saturated rings. The number of benzene rings is 3. The molecule has 3 aromatic carbocycles. The first kappa shape index (κ1) is 26.7. The predicted octanol–water partition coefficient (Wildman–Crippen LogP) is 6.75. The zero-order valence-corrected chi connectivity index (χ0v) is 22.8. The third kappa shape index (κ3) is 4.64. The summed E-state index contributed by atoms with van der Waals surface area (Å²) in [6, 6.07) is 15.2. The summed E-state index contributed by atoms with van der Waals surface area (Å²) in [5, 5.41) is 11.2. The summed E-state index contributed by atoms with van der Waals surface area (Å²) < 4.78 is 21.9. The van der Waals surface area contributed by atoms with Crippen LogP contribution >= 0.6 is 23.2 Å². The summed E-state index contributed by atoms with van der Waals surface area (Å²) in [4.78, 5) is 31.9. The number of carbonyl (C=O) groups excluding carboxylic acids is 2. The fourth-order valence-electron chi connectivity index (χ4n) is 4.92. The quantitative estimate of drug-likeness (QED) is 0.260. The lowest BCUT2D eigenvalue weighted by atomic mass is 10.0. The number of esters is 1. The molecular weight excluding hydrogens is 544 g/mol. The van der Waals surface area contributed by atoms with Gasteiger partial charge in [-0.2, -0.15) is 0 Å². The Bertz CT molecular complexity index is 1600. The highest BCUT2D eigenvalue weighted by Crippen LogP contribution is 2.46. The number of halogens is 3. The normalized spacial score (nSPS) is 14.7. The third-order valence-electron chi connectivity index (χ3n) is 6.66. The molecular formula is C29H24Cl2FN3O4. The minimum absolute atomic E-state index is 0.0000326. The van der Waals surface area contributed by atoms with E-state index in [1.165, 1.54) is 30.2 Å². The van der Waals surface area contributed by atoms with Gasteiger partial charge in [0.05, 0.1) is 35.5 Å². The van der Waals surface area contributed by atoms with Crippen LogP contribution in [0, 0.1) is 5.82 Å². The van der Waals surface area contributed by atoms with Gasteiger partial charge in [0.25, 0.3) is 5.91 Å². The van der Waals surface area contributed by atoms with E-state index in [0.29, 0.717) is 33.2 Å². The van der Waals surface area contributed by atoms with Crippen molar-refractivity contribution in [3.63, 3.8) is 0 Å². The van der Waals surface area contributed by atoms with Crippen LogP contribution < -0.4 is 4.90 Å². The van der Waals surface area contributed by atoms with Gasteiger partial charge in [-0.05, 0) is 61.4 Å². The van der Waals surface area contributed by atoms with Crippen LogP contribution in [0.15, 0.2) is 60.7 Å². The number of hydrogen-bond acceptors (Lipinski definition) is 5. The third-order valence-corrected chi connectivity index (χ3v) is 7.20. The molecule has 0 saturated carbocycles. The first-order valence-electron chi connectivity index (χ1n) is 12.2. The molecule has 1 aliphatic rings. The molecule has 7 nitrogen and oxygen atoms in total. The maximum Gasteiger partial charge on any atom is 0.309 e. The SMILES string of the molecule is COC(=O)Cc1ccc(O)c(-c2nc3c(n2C(C)C)C(c2ccc(Cl)cc2)N(c2cccc(Cl)c2F)C3=O)c1. The van der Waals surface area contributed by atoms with E-state index < -0.39 is 23.7 Å². The van der Waals surface area contributed by atoms with E-state index >= 15 is 4.39 Å². The number of phenolic OH excluding ortho intramolecular Hbond substituents is 1. The average Bonchev–Trinajstić information content (AvgIpc) is 3.42. The van der Waals surface area contributed by atoms with E-state index in [9.17, 15) is 14.7 Å². The van der Waals surface area contributed by atoms with Gasteiger partial charge in [0.15, 0.2) is 11.5 Å². The van der Waals surface area contributed by atoms with Gasteiger partial charge in [-0.15, -0.1) is 0 Å². The largest absolute Gasteiger partial charge is 0.507 e. The molecule has 0 saturated heterocycles. The van der Waals surface area contributed by atoms with Crippen LogP contribution in [-0.4, -0.2) is 33.6 Å². The van der Waals surface area contributed by atoms with E-state index in [4.69, 9.17) is 32.9 Å². The molecule has 0 radical (unpaired) electrons. The van der Waals surface area contributed by atoms with Gasteiger partial charge < -0.3 is 14.4 Å². The maximum absolute atomic E-state index is 15.3. The van der Waals surface area contributed by atoms with Crippen molar-refractivity contribution in [2.75, 3.05) is 12.0 Å². The fraction of sp³-hybridized carbons (Fsp3) is 0.207. The van der Waals surface area contributed by atoms with Gasteiger partial charge in [-0.1, -0.05) is 47.5 Å². The number of imidazole rings is 1. The maximum atomic E-state index is 15.3. The summed E-state index contributed by atoms with van der Waals surface area (Å²) >= 11 is 12.2. The zero-order chi connectivity index (χ0) is 28.0. The molecule has 1 N–H and O–H groups in total. The fourth-order valence-corrected chi connectivity index (χ4v) is 5.22. The van der Waals surface area contributed by atoms with Crippen LogP contribution in [0.5, 0.6) is 5.75 Å². The monoisotopic (exact) mass is 567 g/mol. The molecule has 1 aromatic heterocycles. The number of aromatic nitrogens is 2. The van der Waals surface area contributed by atoms with Crippen LogP contribution in [-0.2, 0) is 16.0 Å². The zero-order valence-electron chi connectivity index (χ0n) is 21.3. The van der Waals surface area contributed by atoms with E-state index in [1.807, 2.05) is 18.4 Å². The predicted molar refractivity (Wildman–Crippen MR) is 147 cm³/mol. The van der Waals surface area contributed by atoms with Crippen molar-refractivity contribution in [2.24, 2.45) is 0 Å². The Kier molecular flexibility index (Phi) is 7.09. The van der Waals surface area contributed by atoms with Crippen molar-refractivity contribution in [1.29, 1.82) is 0 Å². The standard InChI is InChI=1S/C29H24Cl2FN3O4/c1-15(2)34-27-25(33-28(34)19-13-16(7-12-22(19)36)14-23(37)39-3)29(38)35(21-6-4-5-20(31)24(21)32)26(27)17-8-10-18(30)11-9-17/h4-13,15,26,36H,14H2,1-3H3. The van der Waals surface area contributed by atoms with Crippen LogP contribution in [0.3, 0.4) is 0 Å². The topological polar surface area (TPSA) is 84.7 Å². The first-order valence-corrected chi connectivity index (χ1v) is 12.9. The highest BCUT2D eigenvalue weighted by atomic mass is 35.5. The molecule has 1 amide bonds. The van der Waals surface area contributed by atoms with Gasteiger partial charge in [0, 0.05) is 11.1 Å². The number of nitrogens with zero attached hydrogens (tertiary/aromatic N) is 3. The number of hydrogen-bond donors (Lipinski definition) is 1. The van der Waals surface area contributed by atoms with Crippen molar-refractivity contribution >= 4 is 40.8 Å². The minimum Gasteiger partial charge on any atom is -0.507 e. The van der Waals surface area contributed by atoms with Crippen molar-refractivity contribution in [1.82, 2.24) is 9.55 Å². The lowest BCUT2D eigenvalue weighted by Gasteiger charge is -2.29. The Hall–Kier alpha value is -3.88. The molecule has 0 aliphatic carbocycles. The van der Waals surface area contributed by atoms with Gasteiger partial charge >= 0.3 is 5.97 Å². The molecule has 2 heterocycles. The number of rotatable bonds is 6. The second-order valence-corrected chi connectivity index (χ2v) is 10.3. The summed E-state index contributed by atoms with van der Waals surface area (Å²) in [6.07, 6.45) is 0.0000326. The molecule has 39 heavy (non-hydrogen) atoms. The Labute approximate surface area is 234 Å². The Morgan fingerprint density at radius 2 is 1.85 bits per heavy atom. The number of ether oxygens (including phenoxy) is 1. The van der Waals surface area contributed by atoms with Crippen molar-refractivity contribution in [3.05, 3.63) is 99.0 Å². The molecule has 1 unspecified atom stereocenters. The van der Waals surface area contributed by atoms with Crippen LogP contribution in [0.2, 0.25) is 10.0 Å². The van der Waals surface area contributed by atoms with Crippen molar-refractivity contribution in [3.8, 4) is 17.1 Å². The first-order chi connectivity index (χ1) is 18.6. The minimum atomic E-state index is -0.762. The summed E-state index contributed by atoms with van der Waals surface area (Å²) in [6.45, 7) is 3.85. The molecule has 200 valence electrons. The molecule has 1 aliphatic heterocycles. The molecule has 0 spiro atoms. The number of methoxy groups -OCH3 is 1. The van der Waals surface area contributed by atoms with Crippen LogP contribution in [0.25, 0.3) is 11.4 Å². The molecule has 10 heteroatoms. The van der Waals surface area contributed by atoms with Gasteiger partial charge in [0.2, 0.25) is 0 Å². The molecule has 0 bridgehead atoms. The Morgan fingerprint density at radius 3 is 2.51 bits per heavy atom. The lowest BCUT2D eigenvalue weighted by Crippen LogP contribution is -2.31. The number of fused-ring (bicyclic) bond motifs is 1. The van der Waals surface area contributed by atoms with Gasteiger partial charge in [-0.3, -0.25) is 14.5 Å². The number of aromatic hydroxyl groups is 1. The van der Waals surface area contributed by atoms with E-state index in [2.05, 4.69) is 0 Å². The highest BCUT2D eigenvalue weighted by molar-refractivity contribution is 6.31. The number of anilines is 1. The molecule has 4 aromatic rings. The smallest absolute Gasteiger partial charge is 0.309 e. The van der Waals surface area contributed by atoms with E-state index in [1.54, 1.807) is 42.5 Å². The lowest BCUT2D eigenvalue weighted by molar-refractivity contribution is -0.139. The van der Waals surface area contributed by atoms with Crippen molar-refractivity contribution < 1.29 is 23.8 Å². The van der Waals surface area contributed by atoms with E-state index in [-0.39, 0.29) is 34.6 Å². The second-order valence-electron chi connectivity index (χ2n) is 9.44. The number of amides is 1. The summed E-state index contributed by atoms with van der Waals surface area (Å²) in [5.41, 5.74) is 2.31. The Morgan fingerprint density at radius 1 is 1.13 bits per heavy atom. The second kappa shape index (κ2) is 10.4. The van der Waals surface area contributed by atoms with Gasteiger partial charge in [0.1, 0.15) is 17.6 Å². The van der Waals surface area contributed by atoms with E-state index in [0.717, 1.165) is 0 Å². The number of phenols is 1.